The number of carbonyl (C=O) groups excluding carboxylic acids is 1. The van der Waals surface area contributed by atoms with Crippen molar-refractivity contribution in [2.24, 2.45) is 0 Å². The van der Waals surface area contributed by atoms with Crippen molar-refractivity contribution in [2.45, 2.75) is 32.2 Å². The van der Waals surface area contributed by atoms with Gasteiger partial charge in [0.25, 0.3) is 0 Å². The number of hydrogen-bond acceptors (Lipinski definition) is 4. The zero-order chi connectivity index (χ0) is 14.8. The maximum atomic E-state index is 11.6. The molecule has 2 aromatic rings. The van der Waals surface area contributed by atoms with Gasteiger partial charge in [-0.25, -0.2) is 0 Å². The van der Waals surface area contributed by atoms with Gasteiger partial charge in [-0.15, -0.1) is 0 Å². The molecule has 1 aromatic carbocycles. The second-order valence-electron chi connectivity index (χ2n) is 5.31. The van der Waals surface area contributed by atoms with E-state index in [9.17, 15) is 4.79 Å². The second-order valence-corrected chi connectivity index (χ2v) is 5.31. The summed E-state index contributed by atoms with van der Waals surface area (Å²) in [5.74, 6) is 1.51. The first-order valence-corrected chi connectivity index (χ1v) is 7.06. The highest BCUT2D eigenvalue weighted by Crippen LogP contribution is 2.33. The highest BCUT2D eigenvalue weighted by molar-refractivity contribution is 5.73. The number of hydrogen-bond donors (Lipinski definition) is 0. The fraction of sp³-hybridized carbons (Fsp3) is 0.375. The van der Waals surface area contributed by atoms with Crippen LogP contribution in [0, 0.1) is 0 Å². The highest BCUT2D eigenvalue weighted by Gasteiger charge is 2.25. The standard InChI is InChI=1S/C16H18N2O3/c1-11-3-8-15(19)21-14-9-17-18(16(11)14)10-12-4-6-13(20-2)7-5-12/h4-7,9,11H,3,8,10H2,1-2H3. The van der Waals surface area contributed by atoms with Crippen molar-refractivity contribution < 1.29 is 14.3 Å². The molecular formula is C16H18N2O3. The van der Waals surface area contributed by atoms with E-state index in [0.29, 0.717) is 18.7 Å². The predicted octanol–water partition coefficient (Wildman–Crippen LogP) is 2.74. The van der Waals surface area contributed by atoms with Gasteiger partial charge in [0.1, 0.15) is 5.75 Å². The number of nitrogens with zero attached hydrogens (tertiary/aromatic N) is 2. The molecule has 0 saturated carbocycles. The van der Waals surface area contributed by atoms with Crippen LogP contribution < -0.4 is 9.47 Å². The lowest BCUT2D eigenvalue weighted by Gasteiger charge is -2.12. The maximum Gasteiger partial charge on any atom is 0.311 e. The minimum absolute atomic E-state index is 0.176. The molecule has 0 bridgehead atoms. The van der Waals surface area contributed by atoms with Gasteiger partial charge in [0.2, 0.25) is 0 Å². The quantitative estimate of drug-likeness (QED) is 0.814. The van der Waals surface area contributed by atoms with Crippen molar-refractivity contribution in [3.8, 4) is 11.5 Å². The minimum atomic E-state index is -0.176. The van der Waals surface area contributed by atoms with Crippen LogP contribution in [0.1, 0.15) is 36.9 Å². The third-order valence-electron chi connectivity index (χ3n) is 3.81. The Labute approximate surface area is 123 Å². The van der Waals surface area contributed by atoms with Gasteiger partial charge in [0.05, 0.1) is 25.5 Å². The maximum absolute atomic E-state index is 11.6. The van der Waals surface area contributed by atoms with E-state index in [4.69, 9.17) is 9.47 Å². The number of benzene rings is 1. The van der Waals surface area contributed by atoms with Crippen LogP contribution in [0.15, 0.2) is 30.5 Å². The molecular weight excluding hydrogens is 268 g/mol. The van der Waals surface area contributed by atoms with E-state index in [-0.39, 0.29) is 11.9 Å². The van der Waals surface area contributed by atoms with Crippen molar-refractivity contribution in [1.82, 2.24) is 9.78 Å². The number of fused-ring (bicyclic) bond motifs is 1. The van der Waals surface area contributed by atoms with E-state index in [1.165, 1.54) is 0 Å². The second kappa shape index (κ2) is 5.60. The summed E-state index contributed by atoms with van der Waals surface area (Å²) in [6, 6.07) is 7.89. The topological polar surface area (TPSA) is 53.4 Å². The monoisotopic (exact) mass is 286 g/mol. The number of ether oxygens (including phenoxy) is 2. The van der Waals surface area contributed by atoms with E-state index in [2.05, 4.69) is 12.0 Å². The van der Waals surface area contributed by atoms with Crippen molar-refractivity contribution in [3.05, 3.63) is 41.7 Å². The lowest BCUT2D eigenvalue weighted by molar-refractivity contribution is -0.134. The van der Waals surface area contributed by atoms with E-state index in [1.54, 1.807) is 13.3 Å². The van der Waals surface area contributed by atoms with Gasteiger partial charge < -0.3 is 9.47 Å². The Bertz CT molecular complexity index is 646. The van der Waals surface area contributed by atoms with Gasteiger partial charge >= 0.3 is 5.97 Å². The Morgan fingerprint density at radius 3 is 2.86 bits per heavy atom. The molecule has 1 unspecified atom stereocenters. The summed E-state index contributed by atoms with van der Waals surface area (Å²) in [7, 11) is 1.65. The number of aromatic nitrogens is 2. The molecule has 1 atom stereocenters. The average Bonchev–Trinajstić information content (AvgIpc) is 2.81. The van der Waals surface area contributed by atoms with Crippen molar-refractivity contribution in [3.63, 3.8) is 0 Å². The first kappa shape index (κ1) is 13.7. The Hall–Kier alpha value is -2.30. The molecule has 5 nitrogen and oxygen atoms in total. The molecule has 0 spiro atoms. The molecule has 1 aliphatic heterocycles. The zero-order valence-electron chi connectivity index (χ0n) is 12.2. The van der Waals surface area contributed by atoms with Crippen LogP contribution in [0.3, 0.4) is 0 Å². The summed E-state index contributed by atoms with van der Waals surface area (Å²) in [6.45, 7) is 2.76. The Morgan fingerprint density at radius 1 is 1.38 bits per heavy atom. The lowest BCUT2D eigenvalue weighted by Crippen LogP contribution is -2.08. The van der Waals surface area contributed by atoms with E-state index in [0.717, 1.165) is 23.4 Å². The molecule has 5 heteroatoms. The van der Waals surface area contributed by atoms with Crippen molar-refractivity contribution in [2.75, 3.05) is 7.11 Å². The SMILES string of the molecule is COc1ccc(Cn2ncc3c2C(C)CCC(=O)O3)cc1. The van der Waals surface area contributed by atoms with Crippen LogP contribution in [0.5, 0.6) is 11.5 Å². The third kappa shape index (κ3) is 2.77. The first-order chi connectivity index (χ1) is 10.2. The molecule has 0 radical (unpaired) electrons. The smallest absolute Gasteiger partial charge is 0.311 e. The third-order valence-corrected chi connectivity index (χ3v) is 3.81. The molecule has 0 saturated heterocycles. The van der Waals surface area contributed by atoms with E-state index < -0.39 is 0 Å². The van der Waals surface area contributed by atoms with Crippen molar-refractivity contribution in [1.29, 1.82) is 0 Å². The van der Waals surface area contributed by atoms with Crippen LogP contribution in [-0.2, 0) is 11.3 Å². The molecule has 0 aliphatic carbocycles. The van der Waals surface area contributed by atoms with Gasteiger partial charge in [-0.05, 0) is 24.1 Å². The summed E-state index contributed by atoms with van der Waals surface area (Å²) < 4.78 is 12.4. The predicted molar refractivity (Wildman–Crippen MR) is 77.6 cm³/mol. The summed E-state index contributed by atoms with van der Waals surface area (Å²) in [6.07, 6.45) is 2.89. The summed E-state index contributed by atoms with van der Waals surface area (Å²) >= 11 is 0. The number of rotatable bonds is 3. The normalized spacial score (nSPS) is 17.8. The molecule has 0 amide bonds. The van der Waals surface area contributed by atoms with E-state index >= 15 is 0 Å². The highest BCUT2D eigenvalue weighted by atomic mass is 16.5. The van der Waals surface area contributed by atoms with Crippen molar-refractivity contribution >= 4 is 5.97 Å². The number of methoxy groups -OCH3 is 1. The Kier molecular flexibility index (Phi) is 3.64. The fourth-order valence-corrected chi connectivity index (χ4v) is 2.63. The van der Waals surface area contributed by atoms with Gasteiger partial charge in [0.15, 0.2) is 5.75 Å². The van der Waals surface area contributed by atoms with Gasteiger partial charge in [-0.2, -0.15) is 5.10 Å². The largest absolute Gasteiger partial charge is 0.497 e. The van der Waals surface area contributed by atoms with Crippen LogP contribution in [-0.4, -0.2) is 22.9 Å². The van der Waals surface area contributed by atoms with Gasteiger partial charge in [-0.3, -0.25) is 9.48 Å². The molecule has 21 heavy (non-hydrogen) atoms. The minimum Gasteiger partial charge on any atom is -0.497 e. The summed E-state index contributed by atoms with van der Waals surface area (Å²) in [4.78, 5) is 11.6. The van der Waals surface area contributed by atoms with Crippen LogP contribution in [0.4, 0.5) is 0 Å². The number of esters is 1. The molecule has 0 N–H and O–H groups in total. The molecule has 3 rings (SSSR count). The fourth-order valence-electron chi connectivity index (χ4n) is 2.63. The summed E-state index contributed by atoms with van der Waals surface area (Å²) in [5.41, 5.74) is 2.13. The Morgan fingerprint density at radius 2 is 2.14 bits per heavy atom. The van der Waals surface area contributed by atoms with Crippen LogP contribution in [0.25, 0.3) is 0 Å². The molecule has 1 aliphatic rings. The summed E-state index contributed by atoms with van der Waals surface area (Å²) in [5, 5.41) is 4.37. The van der Waals surface area contributed by atoms with E-state index in [1.807, 2.05) is 28.9 Å². The molecule has 2 heterocycles. The Balaban J connectivity index is 1.87. The first-order valence-electron chi connectivity index (χ1n) is 7.06. The molecule has 0 fully saturated rings. The van der Waals surface area contributed by atoms with Gasteiger partial charge in [0, 0.05) is 12.3 Å². The number of carbonyl (C=O) groups is 1. The lowest BCUT2D eigenvalue weighted by atomic mass is 10.0. The van der Waals surface area contributed by atoms with Crippen LogP contribution >= 0.6 is 0 Å². The average molecular weight is 286 g/mol. The zero-order valence-corrected chi connectivity index (χ0v) is 12.2. The molecule has 1 aromatic heterocycles. The van der Waals surface area contributed by atoms with Crippen LogP contribution in [0.2, 0.25) is 0 Å². The molecule has 110 valence electrons. The van der Waals surface area contributed by atoms with Gasteiger partial charge in [-0.1, -0.05) is 19.1 Å².